The van der Waals surface area contributed by atoms with Crippen LogP contribution in [0, 0.1) is 10.1 Å². The number of anilines is 1. The fourth-order valence-corrected chi connectivity index (χ4v) is 3.37. The van der Waals surface area contributed by atoms with E-state index in [1.165, 1.54) is 6.07 Å². The molecule has 154 valence electrons. The summed E-state index contributed by atoms with van der Waals surface area (Å²) in [6, 6.07) is 14.4. The van der Waals surface area contributed by atoms with Crippen molar-refractivity contribution in [2.45, 2.75) is 6.54 Å². The monoisotopic (exact) mass is 398 g/mol. The highest BCUT2D eigenvalue weighted by atomic mass is 16.6. The predicted molar refractivity (Wildman–Crippen MR) is 111 cm³/mol. The summed E-state index contributed by atoms with van der Waals surface area (Å²) in [6.45, 7) is 3.87. The van der Waals surface area contributed by atoms with Crippen LogP contribution in [0.1, 0.15) is 5.56 Å². The Kier molecular flexibility index (Phi) is 6.66. The molecule has 8 nitrogen and oxygen atoms in total. The molecule has 0 radical (unpaired) electrons. The number of nitro benzene ring substituents is 1. The molecular formula is C21H26N4O4. The molecule has 1 amide bonds. The smallest absolute Gasteiger partial charge is 0.271 e. The number of carbonyl (C=O) groups excluding carboxylic acids is 1. The van der Waals surface area contributed by atoms with Crippen molar-refractivity contribution in [1.82, 2.24) is 9.80 Å². The Morgan fingerprint density at radius 2 is 1.83 bits per heavy atom. The SMILES string of the molecule is COc1ccc(CN(C)C(=O)CN2CCN(c3cccc([N+](=O)[O-])c3)CC2)cc1. The largest absolute Gasteiger partial charge is 0.497 e. The first-order chi connectivity index (χ1) is 14.0. The maximum absolute atomic E-state index is 12.6. The first-order valence-electron chi connectivity index (χ1n) is 9.55. The Labute approximate surface area is 170 Å². The molecule has 0 spiro atoms. The minimum atomic E-state index is -0.378. The molecule has 29 heavy (non-hydrogen) atoms. The van der Waals surface area contributed by atoms with E-state index in [4.69, 9.17) is 4.74 Å². The Balaban J connectivity index is 1.48. The predicted octanol–water partition coefficient (Wildman–Crippen LogP) is 2.38. The van der Waals surface area contributed by atoms with Crippen molar-refractivity contribution in [2.24, 2.45) is 0 Å². The highest BCUT2D eigenvalue weighted by Gasteiger charge is 2.21. The topological polar surface area (TPSA) is 79.2 Å². The molecule has 8 heteroatoms. The fraction of sp³-hybridized carbons (Fsp3) is 0.381. The molecule has 0 aliphatic carbocycles. The van der Waals surface area contributed by atoms with Gasteiger partial charge in [0.2, 0.25) is 5.91 Å². The number of rotatable bonds is 7. The number of amides is 1. The summed E-state index contributed by atoms with van der Waals surface area (Å²) in [4.78, 5) is 29.1. The van der Waals surface area contributed by atoms with Gasteiger partial charge in [-0.2, -0.15) is 0 Å². The van der Waals surface area contributed by atoms with Crippen LogP contribution in [-0.4, -0.2) is 67.5 Å². The first kappa shape index (κ1) is 20.6. The van der Waals surface area contributed by atoms with Gasteiger partial charge in [-0.15, -0.1) is 0 Å². The molecule has 0 N–H and O–H groups in total. The quantitative estimate of drug-likeness (QED) is 0.526. The second kappa shape index (κ2) is 9.38. The van der Waals surface area contributed by atoms with E-state index in [2.05, 4.69) is 9.80 Å². The highest BCUT2D eigenvalue weighted by molar-refractivity contribution is 5.78. The van der Waals surface area contributed by atoms with Gasteiger partial charge in [0.25, 0.3) is 5.69 Å². The van der Waals surface area contributed by atoms with Crippen molar-refractivity contribution < 1.29 is 14.5 Å². The van der Waals surface area contributed by atoms with Gasteiger partial charge in [0.05, 0.1) is 18.6 Å². The molecule has 2 aromatic rings. The van der Waals surface area contributed by atoms with Gasteiger partial charge >= 0.3 is 0 Å². The second-order valence-electron chi connectivity index (χ2n) is 7.14. The minimum Gasteiger partial charge on any atom is -0.497 e. The highest BCUT2D eigenvalue weighted by Crippen LogP contribution is 2.22. The van der Waals surface area contributed by atoms with Gasteiger partial charge in [-0.3, -0.25) is 19.8 Å². The zero-order valence-corrected chi connectivity index (χ0v) is 16.8. The maximum atomic E-state index is 12.6. The summed E-state index contributed by atoms with van der Waals surface area (Å²) in [5.74, 6) is 0.869. The normalized spacial score (nSPS) is 14.5. The summed E-state index contributed by atoms with van der Waals surface area (Å²) >= 11 is 0. The second-order valence-corrected chi connectivity index (χ2v) is 7.14. The van der Waals surface area contributed by atoms with Gasteiger partial charge in [-0.25, -0.2) is 0 Å². The van der Waals surface area contributed by atoms with Crippen LogP contribution in [0.2, 0.25) is 0 Å². The van der Waals surface area contributed by atoms with Crippen LogP contribution in [-0.2, 0) is 11.3 Å². The molecule has 1 aliphatic rings. The van der Waals surface area contributed by atoms with Crippen molar-refractivity contribution in [3.63, 3.8) is 0 Å². The fourth-order valence-electron chi connectivity index (χ4n) is 3.37. The van der Waals surface area contributed by atoms with Crippen molar-refractivity contribution in [3.05, 3.63) is 64.2 Å². The number of nitro groups is 1. The summed E-state index contributed by atoms with van der Waals surface area (Å²) in [6.07, 6.45) is 0. The van der Waals surface area contributed by atoms with Crippen LogP contribution in [0.25, 0.3) is 0 Å². The van der Waals surface area contributed by atoms with Gasteiger partial charge in [0.15, 0.2) is 0 Å². The standard InChI is InChI=1S/C21H26N4O4/c1-22(15-17-6-8-20(29-2)9-7-17)21(26)16-23-10-12-24(13-11-23)18-4-3-5-19(14-18)25(27)28/h3-9,14H,10-13,15-16H2,1-2H3. The Bertz CT molecular complexity index is 848. The molecule has 1 saturated heterocycles. The zero-order chi connectivity index (χ0) is 20.8. The van der Waals surface area contributed by atoms with Crippen molar-refractivity contribution in [1.29, 1.82) is 0 Å². The lowest BCUT2D eigenvalue weighted by Gasteiger charge is -2.36. The summed E-state index contributed by atoms with van der Waals surface area (Å²) in [7, 11) is 3.44. The summed E-state index contributed by atoms with van der Waals surface area (Å²) < 4.78 is 5.16. The van der Waals surface area contributed by atoms with Crippen LogP contribution >= 0.6 is 0 Å². The maximum Gasteiger partial charge on any atom is 0.271 e. The summed E-state index contributed by atoms with van der Waals surface area (Å²) in [5.41, 5.74) is 2.00. The molecule has 0 atom stereocenters. The van der Waals surface area contributed by atoms with Gasteiger partial charge in [-0.05, 0) is 23.8 Å². The Hall–Kier alpha value is -3.13. The molecule has 3 rings (SSSR count). The number of hydrogen-bond donors (Lipinski definition) is 0. The molecular weight excluding hydrogens is 372 g/mol. The van der Waals surface area contributed by atoms with Crippen LogP contribution in [0.15, 0.2) is 48.5 Å². The lowest BCUT2D eigenvalue weighted by Crippen LogP contribution is -2.49. The molecule has 1 fully saturated rings. The number of non-ortho nitro benzene ring substituents is 1. The average molecular weight is 398 g/mol. The number of hydrogen-bond acceptors (Lipinski definition) is 6. The van der Waals surface area contributed by atoms with E-state index in [-0.39, 0.29) is 16.5 Å². The Morgan fingerprint density at radius 3 is 2.45 bits per heavy atom. The van der Waals surface area contributed by atoms with Crippen molar-refractivity contribution in [3.8, 4) is 5.75 Å². The lowest BCUT2D eigenvalue weighted by atomic mass is 10.2. The van der Waals surface area contributed by atoms with Crippen LogP contribution < -0.4 is 9.64 Å². The number of carbonyl (C=O) groups is 1. The molecule has 1 heterocycles. The van der Waals surface area contributed by atoms with Crippen LogP contribution in [0.5, 0.6) is 5.75 Å². The third kappa shape index (κ3) is 5.45. The van der Waals surface area contributed by atoms with E-state index >= 15 is 0 Å². The Morgan fingerprint density at radius 1 is 1.14 bits per heavy atom. The van der Waals surface area contributed by atoms with Gasteiger partial charge in [0, 0.05) is 57.6 Å². The van der Waals surface area contributed by atoms with Crippen LogP contribution in [0.4, 0.5) is 11.4 Å². The molecule has 0 aromatic heterocycles. The molecule has 0 bridgehead atoms. The van der Waals surface area contributed by atoms with E-state index < -0.39 is 0 Å². The van der Waals surface area contributed by atoms with E-state index in [0.717, 1.165) is 43.2 Å². The first-order valence-corrected chi connectivity index (χ1v) is 9.55. The lowest BCUT2D eigenvalue weighted by molar-refractivity contribution is -0.384. The van der Waals surface area contributed by atoms with Gasteiger partial charge in [0.1, 0.15) is 5.75 Å². The molecule has 0 saturated carbocycles. The van der Waals surface area contributed by atoms with Crippen molar-refractivity contribution >= 4 is 17.3 Å². The van der Waals surface area contributed by atoms with Gasteiger partial charge < -0.3 is 14.5 Å². The summed E-state index contributed by atoms with van der Waals surface area (Å²) in [5, 5.41) is 11.0. The number of piperazine rings is 1. The minimum absolute atomic E-state index is 0.0737. The molecule has 2 aromatic carbocycles. The van der Waals surface area contributed by atoms with Crippen LogP contribution in [0.3, 0.4) is 0 Å². The van der Waals surface area contributed by atoms with Crippen molar-refractivity contribution in [2.75, 3.05) is 51.8 Å². The van der Waals surface area contributed by atoms with E-state index in [9.17, 15) is 14.9 Å². The van der Waals surface area contributed by atoms with E-state index in [1.807, 2.05) is 37.4 Å². The average Bonchev–Trinajstić information content (AvgIpc) is 2.75. The number of ether oxygens (including phenoxy) is 1. The molecule has 1 aliphatic heterocycles. The third-order valence-electron chi connectivity index (χ3n) is 5.14. The number of methoxy groups -OCH3 is 1. The number of nitrogens with zero attached hydrogens (tertiary/aromatic N) is 4. The zero-order valence-electron chi connectivity index (χ0n) is 16.8. The van der Waals surface area contributed by atoms with Gasteiger partial charge in [-0.1, -0.05) is 18.2 Å². The van der Waals surface area contributed by atoms with E-state index in [0.29, 0.717) is 13.1 Å². The van der Waals surface area contributed by atoms with E-state index in [1.54, 1.807) is 24.1 Å². The number of benzene rings is 2. The number of likely N-dealkylation sites (N-methyl/N-ethyl adjacent to an activating group) is 1. The third-order valence-corrected chi connectivity index (χ3v) is 5.14. The molecule has 0 unspecified atom stereocenters.